The molecule has 130 valence electrons. The fourth-order valence-corrected chi connectivity index (χ4v) is 3.72. The number of likely N-dealkylation sites (tertiary alicyclic amines) is 1. The molecule has 1 atom stereocenters. The molecule has 1 saturated heterocycles. The summed E-state index contributed by atoms with van der Waals surface area (Å²) in [5, 5.41) is 0. The van der Waals surface area contributed by atoms with Crippen molar-refractivity contribution in [2.45, 2.75) is 38.1 Å². The van der Waals surface area contributed by atoms with E-state index in [1.807, 2.05) is 35.2 Å². The molecular formula is C21H23NO3. The largest absolute Gasteiger partial charge is 0.493 e. The predicted molar refractivity (Wildman–Crippen MR) is 96.3 cm³/mol. The lowest BCUT2D eigenvalue weighted by atomic mass is 10.1. The molecule has 1 amide bonds. The number of ether oxygens (including phenoxy) is 1. The summed E-state index contributed by atoms with van der Waals surface area (Å²) >= 11 is 0. The molecule has 0 bridgehead atoms. The van der Waals surface area contributed by atoms with E-state index >= 15 is 0 Å². The average molecular weight is 337 g/mol. The number of hydrogen-bond donors (Lipinski definition) is 0. The van der Waals surface area contributed by atoms with Gasteiger partial charge in [-0.2, -0.15) is 0 Å². The summed E-state index contributed by atoms with van der Waals surface area (Å²) in [6.45, 7) is 1.53. The summed E-state index contributed by atoms with van der Waals surface area (Å²) in [7, 11) is 0. The molecule has 1 aromatic carbocycles. The Bertz CT molecular complexity index is 763. The zero-order valence-electron chi connectivity index (χ0n) is 14.3. The van der Waals surface area contributed by atoms with Gasteiger partial charge in [0.2, 0.25) is 5.91 Å². The van der Waals surface area contributed by atoms with Gasteiger partial charge in [0.1, 0.15) is 11.5 Å². The molecule has 1 fully saturated rings. The van der Waals surface area contributed by atoms with Crippen LogP contribution in [-0.4, -0.2) is 24.0 Å². The Morgan fingerprint density at radius 2 is 2.16 bits per heavy atom. The summed E-state index contributed by atoms with van der Waals surface area (Å²) in [6, 6.07) is 10.0. The van der Waals surface area contributed by atoms with Crippen molar-refractivity contribution in [3.8, 4) is 5.75 Å². The van der Waals surface area contributed by atoms with E-state index in [0.29, 0.717) is 0 Å². The summed E-state index contributed by atoms with van der Waals surface area (Å²) in [5.74, 6) is 1.91. The standard InChI is InChI=1S/C21H23NO3/c23-21(10-8-16-7-9-19-17(15-16)11-14-25-19)22-12-3-1-2-5-18(22)20-6-4-13-24-20/h4,6-10,13,15,18H,1-3,5,11-12,14H2/b10-8+. The van der Waals surface area contributed by atoms with E-state index in [1.54, 1.807) is 12.3 Å². The van der Waals surface area contributed by atoms with Gasteiger partial charge in [-0.05, 0) is 54.3 Å². The number of carbonyl (C=O) groups is 1. The second-order valence-corrected chi connectivity index (χ2v) is 6.71. The van der Waals surface area contributed by atoms with E-state index in [4.69, 9.17) is 9.15 Å². The van der Waals surface area contributed by atoms with Gasteiger partial charge in [0.25, 0.3) is 0 Å². The third-order valence-corrected chi connectivity index (χ3v) is 5.04. The van der Waals surface area contributed by atoms with Crippen LogP contribution in [0, 0.1) is 0 Å². The van der Waals surface area contributed by atoms with E-state index in [2.05, 4.69) is 6.07 Å². The number of hydrogen-bond acceptors (Lipinski definition) is 3. The van der Waals surface area contributed by atoms with Crippen LogP contribution in [0.3, 0.4) is 0 Å². The summed E-state index contributed by atoms with van der Waals surface area (Å²) in [6.07, 6.45) is 10.5. The first-order valence-corrected chi connectivity index (χ1v) is 9.09. The van der Waals surface area contributed by atoms with Crippen LogP contribution in [-0.2, 0) is 11.2 Å². The van der Waals surface area contributed by atoms with Crippen LogP contribution in [0.4, 0.5) is 0 Å². The van der Waals surface area contributed by atoms with Gasteiger partial charge in [-0.15, -0.1) is 0 Å². The van der Waals surface area contributed by atoms with Crippen molar-refractivity contribution in [2.24, 2.45) is 0 Å². The number of furan rings is 1. The smallest absolute Gasteiger partial charge is 0.247 e. The molecule has 4 nitrogen and oxygen atoms in total. The van der Waals surface area contributed by atoms with Gasteiger partial charge in [0, 0.05) is 19.0 Å². The van der Waals surface area contributed by atoms with Crippen LogP contribution >= 0.6 is 0 Å². The van der Waals surface area contributed by atoms with Crippen molar-refractivity contribution in [1.82, 2.24) is 4.90 Å². The fraction of sp³-hybridized carbons (Fsp3) is 0.381. The van der Waals surface area contributed by atoms with E-state index in [-0.39, 0.29) is 11.9 Å². The average Bonchev–Trinajstić information content (AvgIpc) is 3.26. The van der Waals surface area contributed by atoms with Crippen molar-refractivity contribution in [3.63, 3.8) is 0 Å². The molecule has 4 heteroatoms. The Hall–Kier alpha value is -2.49. The van der Waals surface area contributed by atoms with Gasteiger partial charge in [-0.25, -0.2) is 0 Å². The van der Waals surface area contributed by atoms with Crippen LogP contribution < -0.4 is 4.74 Å². The number of rotatable bonds is 3. The van der Waals surface area contributed by atoms with Gasteiger partial charge < -0.3 is 14.1 Å². The lowest BCUT2D eigenvalue weighted by Crippen LogP contribution is -2.33. The fourth-order valence-electron chi connectivity index (χ4n) is 3.72. The minimum atomic E-state index is 0.0445. The van der Waals surface area contributed by atoms with Crippen molar-refractivity contribution >= 4 is 12.0 Å². The topological polar surface area (TPSA) is 42.7 Å². The first kappa shape index (κ1) is 16.0. The second kappa shape index (κ2) is 7.18. The van der Waals surface area contributed by atoms with Gasteiger partial charge in [-0.3, -0.25) is 4.79 Å². The molecule has 0 aliphatic carbocycles. The molecule has 2 aliphatic rings. The first-order valence-electron chi connectivity index (χ1n) is 9.09. The van der Waals surface area contributed by atoms with Crippen molar-refractivity contribution < 1.29 is 13.9 Å². The minimum absolute atomic E-state index is 0.0445. The Morgan fingerprint density at radius 1 is 1.20 bits per heavy atom. The second-order valence-electron chi connectivity index (χ2n) is 6.71. The third-order valence-electron chi connectivity index (χ3n) is 5.04. The molecule has 2 aromatic rings. The molecule has 0 radical (unpaired) electrons. The highest BCUT2D eigenvalue weighted by Crippen LogP contribution is 2.31. The van der Waals surface area contributed by atoms with E-state index < -0.39 is 0 Å². The van der Waals surface area contributed by atoms with Crippen LogP contribution in [0.15, 0.2) is 47.1 Å². The number of carbonyl (C=O) groups excluding carboxylic acids is 1. The first-order chi connectivity index (χ1) is 12.3. The van der Waals surface area contributed by atoms with Gasteiger partial charge >= 0.3 is 0 Å². The quantitative estimate of drug-likeness (QED) is 0.781. The molecule has 2 aliphatic heterocycles. The van der Waals surface area contributed by atoms with Crippen LogP contribution in [0.25, 0.3) is 6.08 Å². The molecule has 1 unspecified atom stereocenters. The number of fused-ring (bicyclic) bond motifs is 1. The molecule has 25 heavy (non-hydrogen) atoms. The van der Waals surface area contributed by atoms with E-state index in [9.17, 15) is 4.79 Å². The van der Waals surface area contributed by atoms with Gasteiger partial charge in [0.05, 0.1) is 18.9 Å². The molecule has 0 saturated carbocycles. The van der Waals surface area contributed by atoms with Gasteiger partial charge in [0.15, 0.2) is 0 Å². The molecular weight excluding hydrogens is 314 g/mol. The number of amides is 1. The third kappa shape index (κ3) is 3.48. The van der Waals surface area contributed by atoms with Crippen molar-refractivity contribution in [2.75, 3.05) is 13.2 Å². The van der Waals surface area contributed by atoms with Gasteiger partial charge in [-0.1, -0.05) is 18.9 Å². The van der Waals surface area contributed by atoms with E-state index in [0.717, 1.165) is 62.3 Å². The summed E-state index contributed by atoms with van der Waals surface area (Å²) in [5.41, 5.74) is 2.26. The Kier molecular flexibility index (Phi) is 4.59. The van der Waals surface area contributed by atoms with Crippen molar-refractivity contribution in [1.29, 1.82) is 0 Å². The maximum Gasteiger partial charge on any atom is 0.247 e. The monoisotopic (exact) mass is 337 g/mol. The summed E-state index contributed by atoms with van der Waals surface area (Å²) in [4.78, 5) is 14.8. The maximum atomic E-state index is 12.8. The highest BCUT2D eigenvalue weighted by Gasteiger charge is 2.27. The number of nitrogens with zero attached hydrogens (tertiary/aromatic N) is 1. The predicted octanol–water partition coefficient (Wildman–Crippen LogP) is 4.37. The normalized spacial score (nSPS) is 20.3. The molecule has 0 N–H and O–H groups in total. The number of benzene rings is 1. The highest BCUT2D eigenvalue weighted by molar-refractivity contribution is 5.92. The van der Waals surface area contributed by atoms with E-state index in [1.165, 1.54) is 5.56 Å². The highest BCUT2D eigenvalue weighted by atomic mass is 16.5. The zero-order chi connectivity index (χ0) is 17.1. The lowest BCUT2D eigenvalue weighted by molar-refractivity contribution is -0.128. The Labute approximate surface area is 148 Å². The van der Waals surface area contributed by atoms with Crippen LogP contribution in [0.1, 0.15) is 48.6 Å². The van der Waals surface area contributed by atoms with Crippen LogP contribution in [0.2, 0.25) is 0 Å². The molecule has 4 rings (SSSR count). The van der Waals surface area contributed by atoms with Crippen molar-refractivity contribution in [3.05, 3.63) is 59.6 Å². The SMILES string of the molecule is O=C(/C=C/c1ccc2c(c1)CCO2)N1CCCCCC1c1ccco1. The Morgan fingerprint density at radius 3 is 3.04 bits per heavy atom. The Balaban J connectivity index is 1.51. The maximum absolute atomic E-state index is 12.8. The minimum Gasteiger partial charge on any atom is -0.493 e. The van der Waals surface area contributed by atoms with Crippen LogP contribution in [0.5, 0.6) is 5.75 Å². The molecule has 1 aromatic heterocycles. The zero-order valence-corrected chi connectivity index (χ0v) is 14.3. The molecule has 3 heterocycles. The lowest BCUT2D eigenvalue weighted by Gasteiger charge is -2.27. The molecule has 0 spiro atoms. The summed E-state index contributed by atoms with van der Waals surface area (Å²) < 4.78 is 11.1.